The third-order valence-electron chi connectivity index (χ3n) is 3.32. The molecule has 1 aliphatic heterocycles. The molecule has 1 aromatic carbocycles. The van der Waals surface area contributed by atoms with Gasteiger partial charge >= 0.3 is 0 Å². The minimum atomic E-state index is 0.828. The van der Waals surface area contributed by atoms with Crippen LogP contribution < -0.4 is 5.32 Å². The van der Waals surface area contributed by atoms with Gasteiger partial charge in [-0.25, -0.2) is 4.98 Å². The zero-order valence-corrected chi connectivity index (χ0v) is 9.77. The van der Waals surface area contributed by atoms with E-state index < -0.39 is 0 Å². The maximum Gasteiger partial charge on any atom is 0.157 e. The Bertz CT molecular complexity index is 674. The molecule has 88 valence electrons. The normalized spacial score (nSPS) is 13.6. The van der Waals surface area contributed by atoms with Crippen molar-refractivity contribution in [1.82, 2.24) is 15.0 Å². The number of rotatable bonds is 1. The summed E-state index contributed by atoms with van der Waals surface area (Å²) in [6.45, 7) is 1.02. The minimum Gasteiger partial charge on any atom is -0.384 e. The lowest BCUT2D eigenvalue weighted by Crippen LogP contribution is -1.90. The van der Waals surface area contributed by atoms with E-state index in [1.807, 2.05) is 18.2 Å². The van der Waals surface area contributed by atoms with Gasteiger partial charge in [0.05, 0.1) is 11.0 Å². The number of aromatic nitrogens is 3. The zero-order chi connectivity index (χ0) is 11.9. The van der Waals surface area contributed by atoms with Crippen LogP contribution in [0.5, 0.6) is 0 Å². The van der Waals surface area contributed by atoms with Gasteiger partial charge in [0.15, 0.2) is 5.82 Å². The van der Waals surface area contributed by atoms with Crippen molar-refractivity contribution in [3.63, 3.8) is 0 Å². The fraction of sp³-hybridized carbons (Fsp3) is 0.143. The Labute approximate surface area is 104 Å². The van der Waals surface area contributed by atoms with Crippen molar-refractivity contribution in [2.75, 3.05) is 11.9 Å². The number of H-pyrrole nitrogens is 1. The Balaban J connectivity index is 1.90. The molecule has 0 spiro atoms. The first-order chi connectivity index (χ1) is 8.90. The van der Waals surface area contributed by atoms with E-state index in [4.69, 9.17) is 0 Å². The van der Waals surface area contributed by atoms with Gasteiger partial charge in [-0.3, -0.25) is 4.98 Å². The summed E-state index contributed by atoms with van der Waals surface area (Å²) in [4.78, 5) is 12.3. The average molecular weight is 236 g/mol. The summed E-state index contributed by atoms with van der Waals surface area (Å²) in [7, 11) is 0. The second-order valence-electron chi connectivity index (χ2n) is 4.50. The Morgan fingerprint density at radius 1 is 1.17 bits per heavy atom. The molecule has 2 N–H and O–H groups in total. The standard InChI is InChI=1S/C14H12N4/c1-2-5-15-10(3-1)14-17-12-7-9-4-6-16-11(9)8-13(12)18-14/h1-3,5,7-8,16H,4,6H2,(H,17,18). The summed E-state index contributed by atoms with van der Waals surface area (Å²) in [5, 5.41) is 3.37. The highest BCUT2D eigenvalue weighted by Crippen LogP contribution is 2.28. The summed E-state index contributed by atoms with van der Waals surface area (Å²) in [6.07, 6.45) is 2.87. The fourth-order valence-corrected chi connectivity index (χ4v) is 2.43. The van der Waals surface area contributed by atoms with Crippen LogP contribution >= 0.6 is 0 Å². The molecule has 0 unspecified atom stereocenters. The van der Waals surface area contributed by atoms with Crippen LogP contribution in [0, 0.1) is 0 Å². The van der Waals surface area contributed by atoms with E-state index in [1.165, 1.54) is 11.3 Å². The fourth-order valence-electron chi connectivity index (χ4n) is 2.43. The Morgan fingerprint density at radius 3 is 3.06 bits per heavy atom. The van der Waals surface area contributed by atoms with E-state index in [0.29, 0.717) is 0 Å². The van der Waals surface area contributed by atoms with Crippen LogP contribution in [-0.2, 0) is 6.42 Å². The first kappa shape index (κ1) is 9.65. The SMILES string of the molecule is c1ccc(-c2nc3cc4c(cc3[nH]2)CCN4)nc1. The Morgan fingerprint density at radius 2 is 2.17 bits per heavy atom. The molecule has 0 radical (unpaired) electrons. The molecule has 3 aromatic rings. The molecule has 0 saturated heterocycles. The van der Waals surface area contributed by atoms with Crippen LogP contribution in [0.4, 0.5) is 5.69 Å². The number of imidazole rings is 1. The number of anilines is 1. The molecule has 0 atom stereocenters. The topological polar surface area (TPSA) is 53.6 Å². The quantitative estimate of drug-likeness (QED) is 0.682. The van der Waals surface area contributed by atoms with Crippen LogP contribution in [0.15, 0.2) is 36.5 Å². The summed E-state index contributed by atoms with van der Waals surface area (Å²) in [6, 6.07) is 10.1. The van der Waals surface area contributed by atoms with E-state index >= 15 is 0 Å². The molecule has 3 heterocycles. The number of benzene rings is 1. The number of hydrogen-bond acceptors (Lipinski definition) is 3. The third kappa shape index (κ3) is 1.39. The lowest BCUT2D eigenvalue weighted by molar-refractivity contribution is 1.11. The second-order valence-corrected chi connectivity index (χ2v) is 4.50. The molecule has 4 rings (SSSR count). The minimum absolute atomic E-state index is 0.828. The number of nitrogens with one attached hydrogen (secondary N) is 2. The lowest BCUT2D eigenvalue weighted by atomic mass is 10.1. The van der Waals surface area contributed by atoms with Crippen LogP contribution in [0.1, 0.15) is 5.56 Å². The van der Waals surface area contributed by atoms with Crippen LogP contribution in [-0.4, -0.2) is 21.5 Å². The molecule has 4 nitrogen and oxygen atoms in total. The summed E-state index contributed by atoms with van der Waals surface area (Å²) >= 11 is 0. The van der Waals surface area contributed by atoms with Crippen molar-refractivity contribution in [3.8, 4) is 11.5 Å². The number of nitrogens with zero attached hydrogens (tertiary/aromatic N) is 2. The van der Waals surface area contributed by atoms with Gasteiger partial charge in [-0.05, 0) is 36.2 Å². The molecule has 1 aliphatic rings. The zero-order valence-electron chi connectivity index (χ0n) is 9.77. The number of hydrogen-bond donors (Lipinski definition) is 2. The molecule has 4 heteroatoms. The lowest BCUT2D eigenvalue weighted by Gasteiger charge is -1.97. The first-order valence-corrected chi connectivity index (χ1v) is 6.08. The summed E-state index contributed by atoms with van der Waals surface area (Å²) < 4.78 is 0. The summed E-state index contributed by atoms with van der Waals surface area (Å²) in [5.74, 6) is 0.828. The van der Waals surface area contributed by atoms with Gasteiger partial charge < -0.3 is 10.3 Å². The largest absolute Gasteiger partial charge is 0.384 e. The van der Waals surface area contributed by atoms with Crippen LogP contribution in [0.25, 0.3) is 22.6 Å². The van der Waals surface area contributed by atoms with Gasteiger partial charge in [-0.15, -0.1) is 0 Å². The molecule has 0 amide bonds. The van der Waals surface area contributed by atoms with Crippen molar-refractivity contribution in [1.29, 1.82) is 0 Å². The van der Waals surface area contributed by atoms with E-state index in [-0.39, 0.29) is 0 Å². The van der Waals surface area contributed by atoms with Gasteiger partial charge in [0.25, 0.3) is 0 Å². The van der Waals surface area contributed by atoms with Crippen molar-refractivity contribution < 1.29 is 0 Å². The van der Waals surface area contributed by atoms with Crippen LogP contribution in [0.3, 0.4) is 0 Å². The molecule has 0 bridgehead atoms. The van der Waals surface area contributed by atoms with Gasteiger partial charge in [-0.1, -0.05) is 6.07 Å². The van der Waals surface area contributed by atoms with E-state index in [2.05, 4.69) is 32.4 Å². The maximum atomic E-state index is 4.60. The smallest absolute Gasteiger partial charge is 0.157 e. The molecule has 0 fully saturated rings. The van der Waals surface area contributed by atoms with Crippen molar-refractivity contribution in [3.05, 3.63) is 42.1 Å². The first-order valence-electron chi connectivity index (χ1n) is 6.08. The van der Waals surface area contributed by atoms with Gasteiger partial charge in [0, 0.05) is 18.4 Å². The van der Waals surface area contributed by atoms with Gasteiger partial charge in [-0.2, -0.15) is 0 Å². The third-order valence-corrected chi connectivity index (χ3v) is 3.32. The molecule has 0 aliphatic carbocycles. The molecule has 2 aromatic heterocycles. The predicted molar refractivity (Wildman–Crippen MR) is 71.5 cm³/mol. The van der Waals surface area contributed by atoms with Crippen molar-refractivity contribution >= 4 is 16.7 Å². The van der Waals surface area contributed by atoms with E-state index in [1.54, 1.807) is 6.20 Å². The van der Waals surface area contributed by atoms with Gasteiger partial charge in [0.1, 0.15) is 5.69 Å². The number of pyridine rings is 1. The van der Waals surface area contributed by atoms with Crippen molar-refractivity contribution in [2.24, 2.45) is 0 Å². The monoisotopic (exact) mass is 236 g/mol. The average Bonchev–Trinajstić information content (AvgIpc) is 3.01. The summed E-state index contributed by atoms with van der Waals surface area (Å²) in [5.41, 5.74) is 5.52. The highest BCUT2D eigenvalue weighted by molar-refractivity contribution is 5.84. The predicted octanol–water partition coefficient (Wildman–Crippen LogP) is 2.59. The molecular weight excluding hydrogens is 224 g/mol. The number of fused-ring (bicyclic) bond motifs is 2. The molecular formula is C14H12N4. The van der Waals surface area contributed by atoms with E-state index in [9.17, 15) is 0 Å². The maximum absolute atomic E-state index is 4.60. The highest BCUT2D eigenvalue weighted by atomic mass is 15.0. The number of aromatic amines is 1. The second kappa shape index (κ2) is 3.57. The molecule has 0 saturated carbocycles. The highest BCUT2D eigenvalue weighted by Gasteiger charge is 2.13. The van der Waals surface area contributed by atoms with E-state index in [0.717, 1.165) is 35.5 Å². The van der Waals surface area contributed by atoms with Crippen molar-refractivity contribution in [2.45, 2.75) is 6.42 Å². The Kier molecular flexibility index (Phi) is 1.91. The van der Waals surface area contributed by atoms with Crippen LogP contribution in [0.2, 0.25) is 0 Å². The van der Waals surface area contributed by atoms with Gasteiger partial charge in [0.2, 0.25) is 0 Å². The Hall–Kier alpha value is -2.36. The molecule has 18 heavy (non-hydrogen) atoms.